The molecule has 3 heteroatoms. The molecule has 5 aromatic carbocycles. The number of nitrogens with zero attached hydrogens (tertiary/aromatic N) is 2. The number of ether oxygens (including phenoxy) is 1. The number of hydrogen-bond donors (Lipinski definition) is 0. The molecule has 0 saturated heterocycles. The van der Waals surface area contributed by atoms with Crippen LogP contribution < -0.4 is 9.64 Å². The number of pyridine rings is 1. The molecule has 8 rings (SSSR count). The first kappa shape index (κ1) is 26.2. The Kier molecular flexibility index (Phi) is 6.77. The van der Waals surface area contributed by atoms with Crippen LogP contribution in [0.2, 0.25) is 0 Å². The Morgan fingerprint density at radius 2 is 1.36 bits per heavy atom. The van der Waals surface area contributed by atoms with Gasteiger partial charge in [-0.15, -0.1) is 0 Å². The Balaban J connectivity index is 1.22. The number of para-hydroxylation sites is 2. The second kappa shape index (κ2) is 11.3. The summed E-state index contributed by atoms with van der Waals surface area (Å²) in [6.45, 7) is 0. The first-order valence-corrected chi connectivity index (χ1v) is 15.4. The maximum atomic E-state index is 6.86. The third-order valence-corrected chi connectivity index (χ3v) is 8.72. The number of hydrogen-bond acceptors (Lipinski definition) is 3. The van der Waals surface area contributed by atoms with Crippen molar-refractivity contribution >= 4 is 39.0 Å². The average Bonchev–Trinajstić information content (AvgIpc) is 3.10. The van der Waals surface area contributed by atoms with Gasteiger partial charge in [-0.3, -0.25) is 4.98 Å². The highest BCUT2D eigenvalue weighted by Gasteiger charge is 2.21. The molecule has 3 nitrogen and oxygen atoms in total. The van der Waals surface area contributed by atoms with Crippen molar-refractivity contribution in [2.45, 2.75) is 25.7 Å². The Morgan fingerprint density at radius 3 is 2.11 bits per heavy atom. The summed E-state index contributed by atoms with van der Waals surface area (Å²) in [5.74, 6) is 1.86. The molecule has 1 heterocycles. The van der Waals surface area contributed by atoms with E-state index in [1.807, 2.05) is 12.4 Å². The predicted octanol–water partition coefficient (Wildman–Crippen LogP) is 10.8. The Hall–Kier alpha value is -5.41. The van der Waals surface area contributed by atoms with Crippen LogP contribution in [-0.4, -0.2) is 4.98 Å². The molecule has 0 spiro atoms. The number of fused-ring (bicyclic) bond motifs is 3. The van der Waals surface area contributed by atoms with Crippen LogP contribution in [0.5, 0.6) is 5.75 Å². The van der Waals surface area contributed by atoms with Crippen molar-refractivity contribution in [3.05, 3.63) is 162 Å². The maximum absolute atomic E-state index is 6.86. The molecule has 0 aliphatic heterocycles. The van der Waals surface area contributed by atoms with Gasteiger partial charge in [-0.2, -0.15) is 0 Å². The summed E-state index contributed by atoms with van der Waals surface area (Å²) in [5, 5.41) is 4.49. The van der Waals surface area contributed by atoms with Gasteiger partial charge in [0, 0.05) is 52.0 Å². The first-order chi connectivity index (χ1) is 21.8. The van der Waals surface area contributed by atoms with Gasteiger partial charge in [-0.25, -0.2) is 0 Å². The van der Waals surface area contributed by atoms with Gasteiger partial charge < -0.3 is 9.64 Å². The van der Waals surface area contributed by atoms with Crippen LogP contribution in [-0.2, 0) is 6.42 Å². The summed E-state index contributed by atoms with van der Waals surface area (Å²) in [6.07, 6.45) is 16.6. The minimum Gasteiger partial charge on any atom is -0.460 e. The van der Waals surface area contributed by atoms with Crippen molar-refractivity contribution in [3.63, 3.8) is 0 Å². The summed E-state index contributed by atoms with van der Waals surface area (Å²) >= 11 is 0. The van der Waals surface area contributed by atoms with Crippen LogP contribution in [0.15, 0.2) is 151 Å². The number of anilines is 2. The van der Waals surface area contributed by atoms with Crippen LogP contribution in [0.4, 0.5) is 11.4 Å². The molecule has 0 amide bonds. The van der Waals surface area contributed by atoms with Gasteiger partial charge in [-0.1, -0.05) is 91.0 Å². The summed E-state index contributed by atoms with van der Waals surface area (Å²) in [7, 11) is 0. The van der Waals surface area contributed by atoms with Crippen LogP contribution in [0.1, 0.15) is 30.4 Å². The molecule has 44 heavy (non-hydrogen) atoms. The lowest BCUT2D eigenvalue weighted by Gasteiger charge is -2.30. The standard InChI is InChI=1S/C41H32N2O/c1-3-13-32(14-4-1)43(33-15-5-2-6-16-33)34-21-23-35(24-22-34)44-41-37-18-10-9-17-36(37)40(39-28-42-26-25-38(39)41)31-20-19-29-11-7-8-12-30(29)27-31/h1-7,9-11,13-21,23,25-28H,8,12,22,24H2. The summed E-state index contributed by atoms with van der Waals surface area (Å²) < 4.78 is 6.86. The molecule has 6 aromatic rings. The van der Waals surface area contributed by atoms with E-state index in [2.05, 4.69) is 143 Å². The highest BCUT2D eigenvalue weighted by atomic mass is 16.5. The SMILES string of the molecule is C1=Cc2ccc(-c3c4ccccc4c(OC4=CC=C(N(c5ccccc5)c5ccccc5)CC4)c4ccncc34)cc2CC1. The molecule has 0 atom stereocenters. The molecule has 0 fully saturated rings. The van der Waals surface area contributed by atoms with E-state index >= 15 is 0 Å². The average molecular weight is 569 g/mol. The summed E-state index contributed by atoms with van der Waals surface area (Å²) in [4.78, 5) is 6.91. The van der Waals surface area contributed by atoms with Crippen LogP contribution in [0, 0.1) is 0 Å². The fraction of sp³-hybridized carbons (Fsp3) is 0.0976. The van der Waals surface area contributed by atoms with Gasteiger partial charge in [0.25, 0.3) is 0 Å². The van der Waals surface area contributed by atoms with Crippen molar-refractivity contribution in [2.75, 3.05) is 4.90 Å². The molecule has 2 aliphatic carbocycles. The van der Waals surface area contributed by atoms with Gasteiger partial charge in [0.1, 0.15) is 11.5 Å². The van der Waals surface area contributed by atoms with E-state index in [0.717, 1.165) is 64.7 Å². The van der Waals surface area contributed by atoms with E-state index in [9.17, 15) is 0 Å². The molecular formula is C41H32N2O. The van der Waals surface area contributed by atoms with Crippen molar-refractivity contribution in [2.24, 2.45) is 0 Å². The van der Waals surface area contributed by atoms with Crippen molar-refractivity contribution in [1.29, 1.82) is 0 Å². The lowest BCUT2D eigenvalue weighted by atomic mass is 9.88. The monoisotopic (exact) mass is 568 g/mol. The third-order valence-electron chi connectivity index (χ3n) is 8.72. The third kappa shape index (κ3) is 4.77. The van der Waals surface area contributed by atoms with Gasteiger partial charge in [-0.05, 0) is 89.4 Å². The molecule has 0 bridgehead atoms. The van der Waals surface area contributed by atoms with Gasteiger partial charge in [0.2, 0.25) is 0 Å². The maximum Gasteiger partial charge on any atom is 0.142 e. The highest BCUT2D eigenvalue weighted by molar-refractivity contribution is 6.16. The zero-order valence-electron chi connectivity index (χ0n) is 24.5. The summed E-state index contributed by atoms with van der Waals surface area (Å²) in [5.41, 5.74) is 8.72. The van der Waals surface area contributed by atoms with Crippen LogP contribution >= 0.6 is 0 Å². The number of allylic oxidation sites excluding steroid dienone is 5. The lowest BCUT2D eigenvalue weighted by Crippen LogP contribution is -2.18. The smallest absolute Gasteiger partial charge is 0.142 e. The largest absolute Gasteiger partial charge is 0.460 e. The number of aryl methyl sites for hydroxylation is 1. The Labute approximate surface area is 258 Å². The molecule has 1 aromatic heterocycles. The normalized spacial score (nSPS) is 14.2. The van der Waals surface area contributed by atoms with E-state index < -0.39 is 0 Å². The number of aromatic nitrogens is 1. The van der Waals surface area contributed by atoms with Crippen molar-refractivity contribution < 1.29 is 4.74 Å². The van der Waals surface area contributed by atoms with Crippen LogP contribution in [0.3, 0.4) is 0 Å². The quantitative estimate of drug-likeness (QED) is 0.187. The zero-order chi connectivity index (χ0) is 29.3. The minimum absolute atomic E-state index is 0.809. The molecule has 2 aliphatic rings. The van der Waals surface area contributed by atoms with Gasteiger partial charge in [0.15, 0.2) is 0 Å². The van der Waals surface area contributed by atoms with E-state index in [0.29, 0.717) is 0 Å². The Morgan fingerprint density at radius 1 is 0.636 bits per heavy atom. The number of rotatable bonds is 6. The molecule has 0 unspecified atom stereocenters. The molecule has 0 N–H and O–H groups in total. The van der Waals surface area contributed by atoms with Crippen molar-refractivity contribution in [1.82, 2.24) is 4.98 Å². The molecule has 0 radical (unpaired) electrons. The second-order valence-electron chi connectivity index (χ2n) is 11.4. The molecule has 0 saturated carbocycles. The van der Waals surface area contributed by atoms with E-state index in [1.54, 1.807) is 0 Å². The van der Waals surface area contributed by atoms with Crippen LogP contribution in [0.25, 0.3) is 38.7 Å². The van der Waals surface area contributed by atoms with E-state index in [1.165, 1.54) is 33.3 Å². The summed E-state index contributed by atoms with van der Waals surface area (Å²) in [6, 6.07) is 38.8. The topological polar surface area (TPSA) is 25.4 Å². The van der Waals surface area contributed by atoms with Gasteiger partial charge in [0.05, 0.1) is 0 Å². The van der Waals surface area contributed by atoms with Crippen molar-refractivity contribution in [3.8, 4) is 16.9 Å². The molecular weight excluding hydrogens is 536 g/mol. The highest BCUT2D eigenvalue weighted by Crippen LogP contribution is 2.45. The predicted molar refractivity (Wildman–Crippen MR) is 183 cm³/mol. The van der Waals surface area contributed by atoms with Gasteiger partial charge >= 0.3 is 0 Å². The number of benzene rings is 5. The fourth-order valence-electron chi connectivity index (χ4n) is 6.64. The Bertz CT molecular complexity index is 1990. The first-order valence-electron chi connectivity index (χ1n) is 15.4. The van der Waals surface area contributed by atoms with E-state index in [4.69, 9.17) is 4.74 Å². The minimum atomic E-state index is 0.809. The second-order valence-corrected chi connectivity index (χ2v) is 11.4. The molecule has 212 valence electrons. The fourth-order valence-corrected chi connectivity index (χ4v) is 6.64. The zero-order valence-corrected chi connectivity index (χ0v) is 24.5. The lowest BCUT2D eigenvalue weighted by molar-refractivity contribution is 0.409. The van der Waals surface area contributed by atoms with E-state index in [-0.39, 0.29) is 0 Å².